The first kappa shape index (κ1) is 12.2. The predicted molar refractivity (Wildman–Crippen MR) is 55.1 cm³/mol. The van der Waals surface area contributed by atoms with Crippen molar-refractivity contribution in [2.75, 3.05) is 13.7 Å². The molecule has 0 unspecified atom stereocenters. The molecule has 0 aliphatic rings. The standard InChI is InChI=1S/C11H12FNO3/c1-16-11(15)7-13-10(14)6-8-3-2-4-9(12)5-8/h2-5H,6-7H2,1H3,(H,13,14). The van der Waals surface area contributed by atoms with Crippen LogP contribution in [0, 0.1) is 5.82 Å². The Morgan fingerprint density at radius 2 is 2.19 bits per heavy atom. The predicted octanol–water partition coefficient (Wildman–Crippen LogP) is 0.657. The number of carbonyl (C=O) groups is 2. The maximum Gasteiger partial charge on any atom is 0.325 e. The van der Waals surface area contributed by atoms with Gasteiger partial charge in [0.2, 0.25) is 5.91 Å². The number of hydrogen-bond donors (Lipinski definition) is 1. The van der Waals surface area contributed by atoms with Gasteiger partial charge in [-0.05, 0) is 17.7 Å². The molecule has 0 fully saturated rings. The molecule has 0 saturated heterocycles. The highest BCUT2D eigenvalue weighted by Crippen LogP contribution is 2.03. The number of amides is 1. The molecule has 0 spiro atoms. The zero-order valence-corrected chi connectivity index (χ0v) is 8.83. The third-order valence-corrected chi connectivity index (χ3v) is 1.91. The van der Waals surface area contributed by atoms with Gasteiger partial charge in [0.05, 0.1) is 13.5 Å². The van der Waals surface area contributed by atoms with Crippen molar-refractivity contribution in [3.8, 4) is 0 Å². The van der Waals surface area contributed by atoms with Gasteiger partial charge < -0.3 is 10.1 Å². The van der Waals surface area contributed by atoms with Crippen LogP contribution in [-0.2, 0) is 20.7 Å². The van der Waals surface area contributed by atoms with E-state index >= 15 is 0 Å². The van der Waals surface area contributed by atoms with Crippen LogP contribution in [-0.4, -0.2) is 25.5 Å². The third kappa shape index (κ3) is 4.08. The Morgan fingerprint density at radius 1 is 1.44 bits per heavy atom. The van der Waals surface area contributed by atoms with Crippen LogP contribution < -0.4 is 5.32 Å². The SMILES string of the molecule is COC(=O)CNC(=O)Cc1cccc(F)c1. The molecule has 0 aliphatic heterocycles. The number of methoxy groups -OCH3 is 1. The van der Waals surface area contributed by atoms with Crippen LogP contribution in [0.1, 0.15) is 5.56 Å². The van der Waals surface area contributed by atoms with E-state index in [1.54, 1.807) is 6.07 Å². The van der Waals surface area contributed by atoms with E-state index in [0.717, 1.165) is 0 Å². The molecule has 16 heavy (non-hydrogen) atoms. The minimum Gasteiger partial charge on any atom is -0.468 e. The fourth-order valence-corrected chi connectivity index (χ4v) is 1.14. The van der Waals surface area contributed by atoms with Gasteiger partial charge in [0.15, 0.2) is 0 Å². The summed E-state index contributed by atoms with van der Waals surface area (Å²) in [4.78, 5) is 22.0. The van der Waals surface area contributed by atoms with Gasteiger partial charge in [0.25, 0.3) is 0 Å². The minimum atomic E-state index is -0.521. The number of halogens is 1. The van der Waals surface area contributed by atoms with E-state index < -0.39 is 11.8 Å². The van der Waals surface area contributed by atoms with Gasteiger partial charge in [-0.25, -0.2) is 4.39 Å². The Kier molecular flexibility index (Phi) is 4.44. The number of rotatable bonds is 4. The van der Waals surface area contributed by atoms with E-state index in [0.29, 0.717) is 5.56 Å². The lowest BCUT2D eigenvalue weighted by Gasteiger charge is -2.03. The second kappa shape index (κ2) is 5.85. The van der Waals surface area contributed by atoms with Crippen LogP contribution in [0.2, 0.25) is 0 Å². The summed E-state index contributed by atoms with van der Waals surface area (Å²) >= 11 is 0. The molecular weight excluding hydrogens is 213 g/mol. The molecule has 1 rings (SSSR count). The van der Waals surface area contributed by atoms with Crippen LogP contribution in [0.4, 0.5) is 4.39 Å². The van der Waals surface area contributed by atoms with Crippen LogP contribution in [0.5, 0.6) is 0 Å². The maximum atomic E-state index is 12.8. The first-order valence-corrected chi connectivity index (χ1v) is 4.70. The second-order valence-corrected chi connectivity index (χ2v) is 3.16. The fourth-order valence-electron chi connectivity index (χ4n) is 1.14. The monoisotopic (exact) mass is 225 g/mol. The Labute approximate surface area is 92.4 Å². The maximum absolute atomic E-state index is 12.8. The largest absolute Gasteiger partial charge is 0.468 e. The summed E-state index contributed by atoms with van der Waals surface area (Å²) in [6, 6.07) is 5.74. The number of benzene rings is 1. The number of hydrogen-bond acceptors (Lipinski definition) is 3. The molecule has 1 N–H and O–H groups in total. The Morgan fingerprint density at radius 3 is 2.81 bits per heavy atom. The Hall–Kier alpha value is -1.91. The summed E-state index contributed by atoms with van der Waals surface area (Å²) in [7, 11) is 1.24. The zero-order chi connectivity index (χ0) is 12.0. The van der Waals surface area contributed by atoms with Crippen molar-refractivity contribution in [2.24, 2.45) is 0 Å². The highest BCUT2D eigenvalue weighted by molar-refractivity contribution is 5.83. The first-order valence-electron chi connectivity index (χ1n) is 4.70. The topological polar surface area (TPSA) is 55.4 Å². The van der Waals surface area contributed by atoms with E-state index in [1.807, 2.05) is 0 Å². The van der Waals surface area contributed by atoms with Crippen molar-refractivity contribution in [3.05, 3.63) is 35.6 Å². The molecule has 0 saturated carbocycles. The molecule has 1 aromatic rings. The van der Waals surface area contributed by atoms with Crippen molar-refractivity contribution in [1.82, 2.24) is 5.32 Å². The number of nitrogens with one attached hydrogen (secondary N) is 1. The van der Waals surface area contributed by atoms with Crippen molar-refractivity contribution < 1.29 is 18.7 Å². The number of ether oxygens (including phenoxy) is 1. The summed E-state index contributed by atoms with van der Waals surface area (Å²) < 4.78 is 17.1. The highest BCUT2D eigenvalue weighted by atomic mass is 19.1. The van der Waals surface area contributed by atoms with Crippen LogP contribution in [0.25, 0.3) is 0 Å². The average Bonchev–Trinajstić information content (AvgIpc) is 2.26. The molecule has 0 atom stereocenters. The molecule has 0 heterocycles. The van der Waals surface area contributed by atoms with Crippen LogP contribution in [0.15, 0.2) is 24.3 Å². The van der Waals surface area contributed by atoms with E-state index in [-0.39, 0.29) is 18.9 Å². The second-order valence-electron chi connectivity index (χ2n) is 3.16. The van der Waals surface area contributed by atoms with Crippen molar-refractivity contribution in [2.45, 2.75) is 6.42 Å². The van der Waals surface area contributed by atoms with Gasteiger partial charge in [0, 0.05) is 0 Å². The number of carbonyl (C=O) groups excluding carboxylic acids is 2. The van der Waals surface area contributed by atoms with Crippen LogP contribution >= 0.6 is 0 Å². The summed E-state index contributed by atoms with van der Waals surface area (Å²) in [6.45, 7) is -0.176. The molecule has 0 radical (unpaired) electrons. The van der Waals surface area contributed by atoms with Gasteiger partial charge >= 0.3 is 5.97 Å². The lowest BCUT2D eigenvalue weighted by molar-refractivity contribution is -0.141. The summed E-state index contributed by atoms with van der Waals surface area (Å²) in [5.74, 6) is -1.26. The van der Waals surface area contributed by atoms with Crippen LogP contribution in [0.3, 0.4) is 0 Å². The molecule has 4 nitrogen and oxygen atoms in total. The van der Waals surface area contributed by atoms with E-state index in [1.165, 1.54) is 25.3 Å². The van der Waals surface area contributed by atoms with Gasteiger partial charge in [-0.1, -0.05) is 12.1 Å². The van der Waals surface area contributed by atoms with Crippen molar-refractivity contribution >= 4 is 11.9 Å². The molecule has 86 valence electrons. The van der Waals surface area contributed by atoms with E-state index in [9.17, 15) is 14.0 Å². The third-order valence-electron chi connectivity index (χ3n) is 1.91. The van der Waals surface area contributed by atoms with E-state index in [4.69, 9.17) is 0 Å². The van der Waals surface area contributed by atoms with E-state index in [2.05, 4.69) is 10.1 Å². The molecule has 1 aromatic carbocycles. The summed E-state index contributed by atoms with van der Waals surface area (Å²) in [6.07, 6.45) is 0.0365. The van der Waals surface area contributed by atoms with Crippen molar-refractivity contribution in [3.63, 3.8) is 0 Å². The lowest BCUT2D eigenvalue weighted by atomic mass is 10.1. The average molecular weight is 225 g/mol. The molecule has 0 aliphatic carbocycles. The normalized spacial score (nSPS) is 9.62. The van der Waals surface area contributed by atoms with Gasteiger partial charge in [-0.15, -0.1) is 0 Å². The fraction of sp³-hybridized carbons (Fsp3) is 0.273. The molecule has 5 heteroatoms. The van der Waals surface area contributed by atoms with Gasteiger partial charge in [0.1, 0.15) is 12.4 Å². The molecular formula is C11H12FNO3. The smallest absolute Gasteiger partial charge is 0.325 e. The summed E-state index contributed by atoms with van der Waals surface area (Å²) in [5, 5.41) is 2.37. The molecule has 0 bridgehead atoms. The summed E-state index contributed by atoms with van der Waals surface area (Å²) in [5.41, 5.74) is 0.558. The zero-order valence-electron chi connectivity index (χ0n) is 8.83. The molecule has 0 aromatic heterocycles. The Bertz CT molecular complexity index is 393. The lowest BCUT2D eigenvalue weighted by Crippen LogP contribution is -2.31. The minimum absolute atomic E-state index is 0.0365. The van der Waals surface area contributed by atoms with Crippen molar-refractivity contribution in [1.29, 1.82) is 0 Å². The van der Waals surface area contributed by atoms with Gasteiger partial charge in [-0.2, -0.15) is 0 Å². The van der Waals surface area contributed by atoms with Gasteiger partial charge in [-0.3, -0.25) is 9.59 Å². The number of esters is 1. The molecule has 1 amide bonds. The highest BCUT2D eigenvalue weighted by Gasteiger charge is 2.06. The first-order chi connectivity index (χ1) is 7.61. The quantitative estimate of drug-likeness (QED) is 0.766. The Balaban J connectivity index is 2.43.